The fourth-order valence-corrected chi connectivity index (χ4v) is 4.98. The van der Waals surface area contributed by atoms with Crippen molar-refractivity contribution in [2.24, 2.45) is 0 Å². The fourth-order valence-electron chi connectivity index (χ4n) is 4.98. The molecule has 0 saturated heterocycles. The van der Waals surface area contributed by atoms with E-state index in [0.717, 1.165) is 23.3 Å². The van der Waals surface area contributed by atoms with Crippen molar-refractivity contribution in [3.05, 3.63) is 131 Å². The minimum Gasteiger partial charge on any atom is -0.341 e. The lowest BCUT2D eigenvalue weighted by molar-refractivity contribution is -0.137. The highest BCUT2D eigenvalue weighted by Gasteiger charge is 2.30. The van der Waals surface area contributed by atoms with Crippen molar-refractivity contribution >= 4 is 23.2 Å². The van der Waals surface area contributed by atoms with Gasteiger partial charge < -0.3 is 15.2 Å². The average Bonchev–Trinajstić information content (AvgIpc) is 3.32. The smallest absolute Gasteiger partial charge is 0.341 e. The summed E-state index contributed by atoms with van der Waals surface area (Å²) in [5.41, 5.74) is 5.92. The molecule has 0 bridgehead atoms. The lowest BCUT2D eigenvalue weighted by Crippen LogP contribution is -2.18. The molecule has 43 heavy (non-hydrogen) atoms. The maximum atomic E-state index is 13.4. The number of benzene rings is 4. The van der Waals surface area contributed by atoms with Gasteiger partial charge in [-0.15, -0.1) is 0 Å². The Kier molecular flexibility index (Phi) is 8.21. The number of aromatic nitrogens is 1. The monoisotopic (exact) mass is 581 g/mol. The third-order valence-corrected chi connectivity index (χ3v) is 7.36. The molecule has 1 heterocycles. The number of rotatable bonds is 7. The number of alkyl halides is 3. The molecule has 5 aromatic rings. The van der Waals surface area contributed by atoms with Crippen LogP contribution in [-0.2, 0) is 12.7 Å². The molecule has 2 amide bonds. The van der Waals surface area contributed by atoms with E-state index in [9.17, 15) is 22.8 Å². The van der Waals surface area contributed by atoms with Crippen molar-refractivity contribution in [1.29, 1.82) is 0 Å². The average molecular weight is 582 g/mol. The molecule has 5 nitrogen and oxygen atoms in total. The molecule has 0 saturated carbocycles. The SMILES string of the molecule is CCn1cc(NC(=O)c2ccccc2-c2ccc(C(F)(F)F)cc2)c(C)c1C(=O)Nc1ccc(-c2ccc(C)cc2)cc1. The molecule has 5 rings (SSSR count). The summed E-state index contributed by atoms with van der Waals surface area (Å²) in [6, 6.07) is 27.2. The fraction of sp³-hybridized carbons (Fsp3) is 0.143. The predicted octanol–water partition coefficient (Wildman–Crippen LogP) is 8.98. The van der Waals surface area contributed by atoms with Crippen molar-refractivity contribution in [3.63, 3.8) is 0 Å². The molecule has 0 aliphatic rings. The van der Waals surface area contributed by atoms with E-state index < -0.39 is 17.6 Å². The van der Waals surface area contributed by atoms with Crippen LogP contribution in [0.1, 0.15) is 44.5 Å². The van der Waals surface area contributed by atoms with Crippen LogP contribution in [0.3, 0.4) is 0 Å². The quantitative estimate of drug-likeness (QED) is 0.202. The zero-order valence-corrected chi connectivity index (χ0v) is 23.9. The topological polar surface area (TPSA) is 63.1 Å². The van der Waals surface area contributed by atoms with Gasteiger partial charge in [0, 0.05) is 29.6 Å². The van der Waals surface area contributed by atoms with Crippen molar-refractivity contribution in [2.75, 3.05) is 10.6 Å². The van der Waals surface area contributed by atoms with E-state index in [4.69, 9.17) is 0 Å². The third-order valence-electron chi connectivity index (χ3n) is 7.36. The van der Waals surface area contributed by atoms with Crippen LogP contribution in [0.4, 0.5) is 24.5 Å². The standard InChI is InChI=1S/C35H30F3N3O2/c1-4-41-21-31(40-33(42)30-8-6-5-7-29(30)26-13-17-27(18-14-26)35(36,37)38)23(3)32(41)34(43)39-28-19-15-25(16-20-28)24-11-9-22(2)10-12-24/h5-21H,4H2,1-3H3,(H,39,43)(H,40,42). The van der Waals surface area contributed by atoms with Crippen LogP contribution in [-0.4, -0.2) is 16.4 Å². The molecular formula is C35H30F3N3O2. The maximum Gasteiger partial charge on any atom is 0.416 e. The summed E-state index contributed by atoms with van der Waals surface area (Å²) in [6.45, 7) is 6.20. The van der Waals surface area contributed by atoms with Gasteiger partial charge in [-0.3, -0.25) is 9.59 Å². The van der Waals surface area contributed by atoms with Gasteiger partial charge in [-0.2, -0.15) is 13.2 Å². The van der Waals surface area contributed by atoms with Crippen molar-refractivity contribution < 1.29 is 22.8 Å². The first-order chi connectivity index (χ1) is 20.5. The molecular weight excluding hydrogens is 551 g/mol. The zero-order chi connectivity index (χ0) is 30.7. The number of hydrogen-bond acceptors (Lipinski definition) is 2. The van der Waals surface area contributed by atoms with Gasteiger partial charge in [0.25, 0.3) is 11.8 Å². The van der Waals surface area contributed by atoms with E-state index in [-0.39, 0.29) is 5.91 Å². The molecule has 0 atom stereocenters. The molecule has 218 valence electrons. The van der Waals surface area contributed by atoms with E-state index in [2.05, 4.69) is 34.9 Å². The number of amides is 2. The molecule has 0 unspecified atom stereocenters. The normalized spacial score (nSPS) is 11.3. The van der Waals surface area contributed by atoms with Crippen molar-refractivity contribution in [3.8, 4) is 22.3 Å². The van der Waals surface area contributed by atoms with E-state index >= 15 is 0 Å². The summed E-state index contributed by atoms with van der Waals surface area (Å²) in [7, 11) is 0. The van der Waals surface area contributed by atoms with Crippen LogP contribution in [0.5, 0.6) is 0 Å². The number of halogens is 3. The highest BCUT2D eigenvalue weighted by Crippen LogP contribution is 2.32. The van der Waals surface area contributed by atoms with Gasteiger partial charge in [-0.25, -0.2) is 0 Å². The number of hydrogen-bond donors (Lipinski definition) is 2. The maximum absolute atomic E-state index is 13.4. The minimum atomic E-state index is -4.45. The summed E-state index contributed by atoms with van der Waals surface area (Å²) in [5, 5.41) is 5.85. The van der Waals surface area contributed by atoms with Gasteiger partial charge in [0.15, 0.2) is 0 Å². The van der Waals surface area contributed by atoms with Crippen LogP contribution in [0.2, 0.25) is 0 Å². The molecule has 0 spiro atoms. The number of carbonyl (C=O) groups is 2. The first kappa shape index (κ1) is 29.4. The van der Waals surface area contributed by atoms with Gasteiger partial charge in [0.2, 0.25) is 0 Å². The highest BCUT2D eigenvalue weighted by molar-refractivity contribution is 6.11. The Balaban J connectivity index is 1.35. The van der Waals surface area contributed by atoms with Gasteiger partial charge in [-0.05, 0) is 73.4 Å². The van der Waals surface area contributed by atoms with E-state index in [1.807, 2.05) is 38.1 Å². The van der Waals surface area contributed by atoms with Crippen molar-refractivity contribution in [2.45, 2.75) is 33.5 Å². The predicted molar refractivity (Wildman–Crippen MR) is 164 cm³/mol. The second-order valence-corrected chi connectivity index (χ2v) is 10.3. The third kappa shape index (κ3) is 6.38. The summed E-state index contributed by atoms with van der Waals surface area (Å²) < 4.78 is 40.9. The van der Waals surface area contributed by atoms with Gasteiger partial charge >= 0.3 is 6.18 Å². The lowest BCUT2D eigenvalue weighted by Gasteiger charge is -2.12. The van der Waals surface area contributed by atoms with Crippen LogP contribution in [0.15, 0.2) is 103 Å². The number of carbonyl (C=O) groups excluding carboxylic acids is 2. The number of anilines is 2. The Morgan fingerprint density at radius 1 is 0.721 bits per heavy atom. The van der Waals surface area contributed by atoms with Gasteiger partial charge in [-0.1, -0.05) is 72.3 Å². The summed E-state index contributed by atoms with van der Waals surface area (Å²) in [6.07, 6.45) is -2.74. The van der Waals surface area contributed by atoms with Crippen LogP contribution < -0.4 is 10.6 Å². The Morgan fingerprint density at radius 3 is 1.91 bits per heavy atom. The molecule has 0 aliphatic heterocycles. The lowest BCUT2D eigenvalue weighted by atomic mass is 9.98. The van der Waals surface area contributed by atoms with Crippen LogP contribution >= 0.6 is 0 Å². The van der Waals surface area contributed by atoms with Crippen LogP contribution in [0, 0.1) is 13.8 Å². The molecule has 0 radical (unpaired) electrons. The largest absolute Gasteiger partial charge is 0.416 e. The van der Waals surface area contributed by atoms with Crippen LogP contribution in [0.25, 0.3) is 22.3 Å². The number of nitrogens with one attached hydrogen (secondary N) is 2. The van der Waals surface area contributed by atoms with E-state index in [1.165, 1.54) is 17.7 Å². The molecule has 2 N–H and O–H groups in total. The first-order valence-corrected chi connectivity index (χ1v) is 13.8. The minimum absolute atomic E-state index is 0.297. The number of aryl methyl sites for hydroxylation is 2. The van der Waals surface area contributed by atoms with E-state index in [1.54, 1.807) is 42.0 Å². The zero-order valence-electron chi connectivity index (χ0n) is 23.9. The van der Waals surface area contributed by atoms with Gasteiger partial charge in [0.1, 0.15) is 5.69 Å². The molecule has 1 aromatic heterocycles. The summed E-state index contributed by atoms with van der Waals surface area (Å²) in [4.78, 5) is 26.8. The molecule has 4 aromatic carbocycles. The highest BCUT2D eigenvalue weighted by atomic mass is 19.4. The first-order valence-electron chi connectivity index (χ1n) is 13.8. The summed E-state index contributed by atoms with van der Waals surface area (Å²) >= 11 is 0. The van der Waals surface area contributed by atoms with Gasteiger partial charge in [0.05, 0.1) is 11.3 Å². The Bertz CT molecular complexity index is 1770. The Labute approximate surface area is 248 Å². The molecule has 0 aliphatic carbocycles. The second-order valence-electron chi connectivity index (χ2n) is 10.3. The molecule has 8 heteroatoms. The van der Waals surface area contributed by atoms with Crippen molar-refractivity contribution in [1.82, 2.24) is 4.57 Å². The summed E-state index contributed by atoms with van der Waals surface area (Å²) in [5.74, 6) is -0.751. The Morgan fingerprint density at radius 2 is 1.30 bits per heavy atom. The second kappa shape index (κ2) is 12.0. The van der Waals surface area contributed by atoms with E-state index in [0.29, 0.717) is 45.9 Å². The Hall–Kier alpha value is -5.11. The number of nitrogens with zero attached hydrogens (tertiary/aromatic N) is 1. The molecule has 0 fully saturated rings.